The average Bonchev–Trinajstić information content (AvgIpc) is 2.84. The maximum Gasteiger partial charge on any atom is 0.276 e. The molecule has 0 N–H and O–H groups in total. The molecule has 1 atom stereocenters. The van der Waals surface area contributed by atoms with E-state index in [2.05, 4.69) is 24.2 Å². The minimum absolute atomic E-state index is 0.0819. The molecule has 0 aliphatic heterocycles. The molecule has 0 spiro atoms. The lowest BCUT2D eigenvalue weighted by Gasteiger charge is -2.25. The zero-order valence-electron chi connectivity index (χ0n) is 13.7. The maximum absolute atomic E-state index is 12.3. The van der Waals surface area contributed by atoms with Crippen molar-refractivity contribution in [2.24, 2.45) is 5.92 Å². The van der Waals surface area contributed by atoms with Crippen LogP contribution in [0.1, 0.15) is 37.7 Å². The number of carbonyl (C=O) groups excluding carboxylic acids is 2. The van der Waals surface area contributed by atoms with Crippen molar-refractivity contribution in [2.45, 2.75) is 39.8 Å². The van der Waals surface area contributed by atoms with Crippen LogP contribution in [0.5, 0.6) is 0 Å². The fourth-order valence-corrected chi connectivity index (χ4v) is 1.97. The predicted octanol–water partition coefficient (Wildman–Crippen LogP) is 0.873. The minimum Gasteiger partial charge on any atom is -0.347 e. The van der Waals surface area contributed by atoms with Gasteiger partial charge in [0, 0.05) is 27.2 Å². The zero-order valence-corrected chi connectivity index (χ0v) is 13.7. The number of aromatic nitrogens is 3. The second-order valence-electron chi connectivity index (χ2n) is 5.98. The third-order valence-electron chi connectivity index (χ3n) is 3.35. The normalized spacial score (nSPS) is 12.3. The Hall–Kier alpha value is -1.92. The van der Waals surface area contributed by atoms with Gasteiger partial charge in [0.2, 0.25) is 5.91 Å². The molecule has 0 aromatic carbocycles. The second-order valence-corrected chi connectivity index (χ2v) is 5.98. The van der Waals surface area contributed by atoms with Crippen LogP contribution in [0.25, 0.3) is 0 Å². The molecule has 1 aromatic heterocycles. The van der Waals surface area contributed by atoms with Gasteiger partial charge in [-0.1, -0.05) is 19.1 Å². The van der Waals surface area contributed by atoms with Crippen LogP contribution in [0, 0.1) is 5.92 Å². The summed E-state index contributed by atoms with van der Waals surface area (Å²) in [6.45, 7) is 6.34. The molecule has 7 nitrogen and oxygen atoms in total. The Morgan fingerprint density at radius 3 is 2.38 bits per heavy atom. The molecule has 1 heterocycles. The summed E-state index contributed by atoms with van der Waals surface area (Å²) in [6, 6.07) is 0.131. The maximum atomic E-state index is 12.3. The summed E-state index contributed by atoms with van der Waals surface area (Å²) in [5.74, 6) is 0.246. The number of likely N-dealkylation sites (N-methyl/N-ethyl adjacent to an activating group) is 1. The molecule has 0 aliphatic carbocycles. The predicted molar refractivity (Wildman–Crippen MR) is 79.7 cm³/mol. The third kappa shape index (κ3) is 4.84. The van der Waals surface area contributed by atoms with E-state index >= 15 is 0 Å². The summed E-state index contributed by atoms with van der Waals surface area (Å²) in [5, 5.41) is 7.70. The lowest BCUT2D eigenvalue weighted by atomic mass is 10.0. The van der Waals surface area contributed by atoms with Gasteiger partial charge < -0.3 is 9.80 Å². The highest BCUT2D eigenvalue weighted by Crippen LogP contribution is 2.12. The molecule has 7 heteroatoms. The molecule has 118 valence electrons. The summed E-state index contributed by atoms with van der Waals surface area (Å²) >= 11 is 0. The zero-order chi connectivity index (χ0) is 16.2. The number of hydrogen-bond acceptors (Lipinski definition) is 4. The molecule has 0 saturated heterocycles. The van der Waals surface area contributed by atoms with Gasteiger partial charge in [0.15, 0.2) is 5.69 Å². The van der Waals surface area contributed by atoms with Gasteiger partial charge in [-0.05, 0) is 19.3 Å². The van der Waals surface area contributed by atoms with Gasteiger partial charge in [0.25, 0.3) is 5.91 Å². The summed E-state index contributed by atoms with van der Waals surface area (Å²) in [6.07, 6.45) is 2.44. The van der Waals surface area contributed by atoms with Crippen LogP contribution in [0.3, 0.4) is 0 Å². The molecule has 21 heavy (non-hydrogen) atoms. The van der Waals surface area contributed by atoms with E-state index in [1.807, 2.05) is 6.92 Å². The number of amides is 2. The Kier molecular flexibility index (Phi) is 5.87. The van der Waals surface area contributed by atoms with Crippen molar-refractivity contribution in [3.8, 4) is 0 Å². The van der Waals surface area contributed by atoms with E-state index in [9.17, 15) is 9.59 Å². The fourth-order valence-electron chi connectivity index (χ4n) is 1.97. The van der Waals surface area contributed by atoms with E-state index in [4.69, 9.17) is 0 Å². The molecule has 0 bridgehead atoms. The van der Waals surface area contributed by atoms with Crippen molar-refractivity contribution in [3.05, 3.63) is 11.9 Å². The standard InChI is InChI=1S/C14H25N5O2/c1-10(2)7-11(3)18(6)14(21)12-8-19(16-15-12)9-13(20)17(4)5/h8,10-11H,7,9H2,1-6H3. The van der Waals surface area contributed by atoms with E-state index in [1.165, 1.54) is 15.8 Å². The van der Waals surface area contributed by atoms with E-state index in [1.54, 1.807) is 26.0 Å². The molecular formula is C14H25N5O2. The van der Waals surface area contributed by atoms with Gasteiger partial charge in [-0.2, -0.15) is 0 Å². The summed E-state index contributed by atoms with van der Waals surface area (Å²) in [7, 11) is 5.11. The Balaban J connectivity index is 2.71. The highest BCUT2D eigenvalue weighted by molar-refractivity contribution is 5.92. The van der Waals surface area contributed by atoms with Crippen LogP contribution in [-0.4, -0.2) is 63.8 Å². The van der Waals surface area contributed by atoms with Gasteiger partial charge in [-0.3, -0.25) is 9.59 Å². The van der Waals surface area contributed by atoms with Crippen LogP contribution in [0.2, 0.25) is 0 Å². The van der Waals surface area contributed by atoms with Crippen molar-refractivity contribution in [1.29, 1.82) is 0 Å². The molecule has 2 amide bonds. The number of rotatable bonds is 6. The molecule has 0 radical (unpaired) electrons. The SMILES string of the molecule is CC(C)CC(C)N(C)C(=O)c1cn(CC(=O)N(C)C)nn1. The van der Waals surface area contributed by atoms with Crippen LogP contribution >= 0.6 is 0 Å². The Morgan fingerprint density at radius 2 is 1.86 bits per heavy atom. The van der Waals surface area contributed by atoms with E-state index < -0.39 is 0 Å². The number of nitrogens with zero attached hydrogens (tertiary/aromatic N) is 5. The Morgan fingerprint density at radius 1 is 1.24 bits per heavy atom. The lowest BCUT2D eigenvalue weighted by Crippen LogP contribution is -2.36. The summed E-state index contributed by atoms with van der Waals surface area (Å²) in [4.78, 5) is 27.1. The average molecular weight is 295 g/mol. The van der Waals surface area contributed by atoms with Gasteiger partial charge in [0.1, 0.15) is 6.54 Å². The Bertz CT molecular complexity index is 495. The molecule has 0 fully saturated rings. The second kappa shape index (κ2) is 7.19. The third-order valence-corrected chi connectivity index (χ3v) is 3.35. The Labute approximate surface area is 125 Å². The first-order valence-corrected chi connectivity index (χ1v) is 7.09. The van der Waals surface area contributed by atoms with E-state index in [-0.39, 0.29) is 30.1 Å². The molecular weight excluding hydrogens is 270 g/mol. The molecule has 0 saturated carbocycles. The smallest absolute Gasteiger partial charge is 0.276 e. The highest BCUT2D eigenvalue weighted by Gasteiger charge is 2.21. The van der Waals surface area contributed by atoms with E-state index in [0.717, 1.165) is 6.42 Å². The summed E-state index contributed by atoms with van der Waals surface area (Å²) < 4.78 is 1.39. The lowest BCUT2D eigenvalue weighted by molar-refractivity contribution is -0.129. The van der Waals surface area contributed by atoms with Crippen molar-refractivity contribution < 1.29 is 9.59 Å². The monoisotopic (exact) mass is 295 g/mol. The largest absolute Gasteiger partial charge is 0.347 e. The molecule has 1 aromatic rings. The van der Waals surface area contributed by atoms with Crippen molar-refractivity contribution >= 4 is 11.8 Å². The minimum atomic E-state index is -0.174. The molecule has 1 rings (SSSR count). The van der Waals surface area contributed by atoms with Crippen LogP contribution < -0.4 is 0 Å². The van der Waals surface area contributed by atoms with Crippen LogP contribution in [-0.2, 0) is 11.3 Å². The number of hydrogen-bond donors (Lipinski definition) is 0. The van der Waals surface area contributed by atoms with E-state index in [0.29, 0.717) is 5.92 Å². The molecule has 1 unspecified atom stereocenters. The molecule has 0 aliphatic rings. The fraction of sp³-hybridized carbons (Fsp3) is 0.714. The first-order chi connectivity index (χ1) is 9.72. The van der Waals surface area contributed by atoms with Gasteiger partial charge in [-0.15, -0.1) is 5.10 Å². The quantitative estimate of drug-likeness (QED) is 0.781. The van der Waals surface area contributed by atoms with Gasteiger partial charge >= 0.3 is 0 Å². The van der Waals surface area contributed by atoms with Crippen molar-refractivity contribution in [3.63, 3.8) is 0 Å². The first-order valence-electron chi connectivity index (χ1n) is 7.09. The van der Waals surface area contributed by atoms with Gasteiger partial charge in [-0.25, -0.2) is 4.68 Å². The van der Waals surface area contributed by atoms with Crippen LogP contribution in [0.4, 0.5) is 0 Å². The first kappa shape index (κ1) is 17.1. The number of carbonyl (C=O) groups is 2. The van der Waals surface area contributed by atoms with Crippen LogP contribution in [0.15, 0.2) is 6.20 Å². The topological polar surface area (TPSA) is 71.3 Å². The van der Waals surface area contributed by atoms with Crippen molar-refractivity contribution in [1.82, 2.24) is 24.8 Å². The highest BCUT2D eigenvalue weighted by atomic mass is 16.2. The summed E-state index contributed by atoms with van der Waals surface area (Å²) in [5.41, 5.74) is 0.264. The van der Waals surface area contributed by atoms with Gasteiger partial charge in [0.05, 0.1) is 6.20 Å². The van der Waals surface area contributed by atoms with Crippen molar-refractivity contribution in [2.75, 3.05) is 21.1 Å².